The maximum Gasteiger partial charge on any atom is 0.265 e. The Balaban J connectivity index is 1.84. The topological polar surface area (TPSA) is 46.3 Å². The van der Waals surface area contributed by atoms with Crippen LogP contribution in [0.1, 0.15) is 35.4 Å². The summed E-state index contributed by atoms with van der Waals surface area (Å²) in [5.74, 6) is 0.709. The van der Waals surface area contributed by atoms with Crippen molar-refractivity contribution in [1.29, 1.82) is 0 Å². The number of rotatable bonds is 3. The third kappa shape index (κ3) is 2.94. The van der Waals surface area contributed by atoms with Gasteiger partial charge in [0.15, 0.2) is 0 Å². The van der Waals surface area contributed by atoms with E-state index in [1.54, 1.807) is 0 Å². The highest BCUT2D eigenvalue weighted by Gasteiger charge is 2.23. The van der Waals surface area contributed by atoms with Crippen LogP contribution in [0, 0.1) is 5.92 Å². The van der Waals surface area contributed by atoms with Gasteiger partial charge in [0.25, 0.3) is 5.91 Å². The van der Waals surface area contributed by atoms with Crippen molar-refractivity contribution in [3.05, 3.63) is 27.5 Å². The summed E-state index contributed by atoms with van der Waals surface area (Å²) in [6.07, 6.45) is 5.08. The van der Waals surface area contributed by atoms with Gasteiger partial charge in [-0.25, -0.2) is 0 Å². The fourth-order valence-corrected chi connectivity index (χ4v) is 4.76. The van der Waals surface area contributed by atoms with Gasteiger partial charge in [-0.1, -0.05) is 34.8 Å². The van der Waals surface area contributed by atoms with E-state index in [1.807, 2.05) is 30.1 Å². The number of benzene rings is 1. The first-order chi connectivity index (χ1) is 10.1. The van der Waals surface area contributed by atoms with Crippen molar-refractivity contribution in [2.75, 3.05) is 19.3 Å². The van der Waals surface area contributed by atoms with Crippen LogP contribution < -0.4 is 5.73 Å². The van der Waals surface area contributed by atoms with E-state index in [0.717, 1.165) is 21.1 Å². The van der Waals surface area contributed by atoms with E-state index in [4.69, 9.17) is 5.73 Å². The zero-order valence-corrected chi connectivity index (χ0v) is 14.5. The molecule has 3 rings (SSSR count). The highest BCUT2D eigenvalue weighted by molar-refractivity contribution is 9.10. The Labute approximate surface area is 137 Å². The normalized spacial score (nSPS) is 15.7. The highest BCUT2D eigenvalue weighted by atomic mass is 79.9. The summed E-state index contributed by atoms with van der Waals surface area (Å²) in [5.41, 5.74) is 6.80. The maximum atomic E-state index is 12.7. The zero-order valence-electron chi connectivity index (χ0n) is 12.1. The lowest BCUT2D eigenvalue weighted by atomic mass is 10.1. The number of nitrogens with two attached hydrogens (primary N) is 1. The first-order valence-electron chi connectivity index (χ1n) is 7.29. The molecule has 3 nitrogen and oxygen atoms in total. The van der Waals surface area contributed by atoms with Crippen molar-refractivity contribution >= 4 is 48.9 Å². The molecule has 1 aromatic carbocycles. The average molecular weight is 367 g/mol. The summed E-state index contributed by atoms with van der Waals surface area (Å²) < 4.78 is 2.06. The molecule has 0 unspecified atom stereocenters. The minimum Gasteiger partial charge on any atom is -0.397 e. The number of nitrogens with zero attached hydrogens (tertiary/aromatic N) is 1. The molecule has 1 fully saturated rings. The molecule has 1 saturated carbocycles. The predicted octanol–water partition coefficient (Wildman–Crippen LogP) is 4.51. The molecule has 0 saturated heterocycles. The highest BCUT2D eigenvalue weighted by Crippen LogP contribution is 2.36. The maximum absolute atomic E-state index is 12.7. The summed E-state index contributed by atoms with van der Waals surface area (Å²) in [7, 11) is 1.89. The summed E-state index contributed by atoms with van der Waals surface area (Å²) >= 11 is 4.95. The molecule has 0 radical (unpaired) electrons. The van der Waals surface area contributed by atoms with Crippen LogP contribution in [0.4, 0.5) is 5.69 Å². The van der Waals surface area contributed by atoms with Gasteiger partial charge in [-0.05, 0) is 30.9 Å². The monoisotopic (exact) mass is 366 g/mol. The van der Waals surface area contributed by atoms with Crippen LogP contribution >= 0.6 is 27.3 Å². The number of nitrogen functional groups attached to an aromatic ring is 1. The summed E-state index contributed by atoms with van der Waals surface area (Å²) in [6.45, 7) is 0.843. The van der Waals surface area contributed by atoms with Gasteiger partial charge in [-0.15, -0.1) is 11.3 Å². The Morgan fingerprint density at radius 1 is 1.43 bits per heavy atom. The fraction of sp³-hybridized carbons (Fsp3) is 0.438. The van der Waals surface area contributed by atoms with E-state index >= 15 is 0 Å². The Morgan fingerprint density at radius 2 is 2.14 bits per heavy atom. The molecule has 5 heteroatoms. The van der Waals surface area contributed by atoms with Crippen molar-refractivity contribution in [2.45, 2.75) is 25.7 Å². The Bertz CT molecular complexity index is 676. The number of hydrogen-bond donors (Lipinski definition) is 1. The van der Waals surface area contributed by atoms with Gasteiger partial charge >= 0.3 is 0 Å². The van der Waals surface area contributed by atoms with Gasteiger partial charge in [0, 0.05) is 28.2 Å². The van der Waals surface area contributed by atoms with Crippen molar-refractivity contribution in [3.8, 4) is 0 Å². The molecule has 1 aliphatic carbocycles. The van der Waals surface area contributed by atoms with E-state index in [2.05, 4.69) is 15.9 Å². The van der Waals surface area contributed by atoms with Crippen LogP contribution in [0.2, 0.25) is 0 Å². The van der Waals surface area contributed by atoms with E-state index in [1.165, 1.54) is 37.0 Å². The predicted molar refractivity (Wildman–Crippen MR) is 92.9 cm³/mol. The van der Waals surface area contributed by atoms with Gasteiger partial charge in [-0.2, -0.15) is 0 Å². The number of anilines is 1. The smallest absolute Gasteiger partial charge is 0.265 e. The molecular weight excluding hydrogens is 348 g/mol. The van der Waals surface area contributed by atoms with Crippen molar-refractivity contribution in [3.63, 3.8) is 0 Å². The lowest BCUT2D eigenvalue weighted by Gasteiger charge is -2.20. The fourth-order valence-electron chi connectivity index (χ4n) is 3.09. The molecule has 1 amide bonds. The number of carbonyl (C=O) groups is 1. The Kier molecular flexibility index (Phi) is 4.22. The van der Waals surface area contributed by atoms with Crippen molar-refractivity contribution < 1.29 is 4.79 Å². The molecule has 0 atom stereocenters. The number of halogens is 1. The van der Waals surface area contributed by atoms with Crippen molar-refractivity contribution in [1.82, 2.24) is 4.90 Å². The second-order valence-electron chi connectivity index (χ2n) is 5.82. The molecule has 0 bridgehead atoms. The van der Waals surface area contributed by atoms with Crippen LogP contribution in [0.15, 0.2) is 22.7 Å². The molecular formula is C16H19BrN2OS. The van der Waals surface area contributed by atoms with Gasteiger partial charge in [0.05, 0.1) is 5.69 Å². The number of carbonyl (C=O) groups excluding carboxylic acids is 1. The molecule has 1 aromatic heterocycles. The molecule has 2 aromatic rings. The number of amides is 1. The second kappa shape index (κ2) is 5.97. The largest absolute Gasteiger partial charge is 0.397 e. The first-order valence-corrected chi connectivity index (χ1v) is 8.90. The summed E-state index contributed by atoms with van der Waals surface area (Å²) in [5, 5.41) is 0.973. The number of hydrogen-bond acceptors (Lipinski definition) is 3. The third-order valence-corrected chi connectivity index (χ3v) is 5.89. The Hall–Kier alpha value is -1.07. The SMILES string of the molecule is CN(CC1CCCC1)C(=O)c1sc2cc(Br)ccc2c1N. The number of thiophene rings is 1. The second-order valence-corrected chi connectivity index (χ2v) is 7.79. The molecule has 21 heavy (non-hydrogen) atoms. The van der Waals surface area contributed by atoms with Crippen LogP contribution in [-0.2, 0) is 0 Å². The molecule has 0 aliphatic heterocycles. The van der Waals surface area contributed by atoms with Gasteiger partial charge in [-0.3, -0.25) is 4.79 Å². The van der Waals surface area contributed by atoms with Gasteiger partial charge in [0.1, 0.15) is 4.88 Å². The number of fused-ring (bicyclic) bond motifs is 1. The van der Waals surface area contributed by atoms with Crippen LogP contribution in [-0.4, -0.2) is 24.4 Å². The van der Waals surface area contributed by atoms with E-state index in [9.17, 15) is 4.79 Å². The lowest BCUT2D eigenvalue weighted by molar-refractivity contribution is 0.0779. The van der Waals surface area contributed by atoms with Crippen LogP contribution in [0.25, 0.3) is 10.1 Å². The van der Waals surface area contributed by atoms with E-state index < -0.39 is 0 Å². The minimum atomic E-state index is 0.0525. The molecule has 0 spiro atoms. The molecule has 1 aliphatic rings. The molecule has 1 heterocycles. The third-order valence-electron chi connectivity index (χ3n) is 4.24. The first kappa shape index (κ1) is 14.9. The average Bonchev–Trinajstić information content (AvgIpc) is 3.06. The van der Waals surface area contributed by atoms with E-state index in [0.29, 0.717) is 16.5 Å². The Morgan fingerprint density at radius 3 is 2.86 bits per heavy atom. The standard InChI is InChI=1S/C16H19BrN2OS/c1-19(9-10-4-2-3-5-10)16(20)15-14(18)12-7-6-11(17)8-13(12)21-15/h6-8,10H,2-5,9,18H2,1H3. The van der Waals surface area contributed by atoms with E-state index in [-0.39, 0.29) is 5.91 Å². The molecule has 112 valence electrons. The lowest BCUT2D eigenvalue weighted by Crippen LogP contribution is -2.31. The summed E-state index contributed by atoms with van der Waals surface area (Å²) in [4.78, 5) is 15.2. The summed E-state index contributed by atoms with van der Waals surface area (Å²) in [6, 6.07) is 5.95. The van der Waals surface area contributed by atoms with Crippen LogP contribution in [0.5, 0.6) is 0 Å². The minimum absolute atomic E-state index is 0.0525. The quantitative estimate of drug-likeness (QED) is 0.868. The van der Waals surface area contributed by atoms with Gasteiger partial charge < -0.3 is 10.6 Å². The molecule has 2 N–H and O–H groups in total. The van der Waals surface area contributed by atoms with Crippen LogP contribution in [0.3, 0.4) is 0 Å². The van der Waals surface area contributed by atoms with Gasteiger partial charge in [0.2, 0.25) is 0 Å². The van der Waals surface area contributed by atoms with Crippen molar-refractivity contribution in [2.24, 2.45) is 5.92 Å². The zero-order chi connectivity index (χ0) is 15.0.